The van der Waals surface area contributed by atoms with Crippen LogP contribution in [0.1, 0.15) is 22.3 Å². The summed E-state index contributed by atoms with van der Waals surface area (Å²) in [5.41, 5.74) is 2.25. The van der Waals surface area contributed by atoms with E-state index in [-0.39, 0.29) is 53.0 Å². The monoisotopic (exact) mass is 697 g/mol. The first-order valence-electron chi connectivity index (χ1n) is 14.1. The van der Waals surface area contributed by atoms with Gasteiger partial charge >= 0.3 is 0 Å². The minimum absolute atomic E-state index is 0. The van der Waals surface area contributed by atoms with Crippen molar-refractivity contribution in [2.75, 3.05) is 45.2 Å². The van der Waals surface area contributed by atoms with Gasteiger partial charge in [-0.15, -0.1) is 24.8 Å². The Morgan fingerprint density at radius 3 is 2.46 bits per heavy atom. The maximum atomic E-state index is 14.8. The van der Waals surface area contributed by atoms with Crippen molar-refractivity contribution in [1.29, 1.82) is 0 Å². The van der Waals surface area contributed by atoms with E-state index in [9.17, 15) is 23.5 Å². The summed E-state index contributed by atoms with van der Waals surface area (Å²) >= 11 is 6.64. The number of benzene rings is 2. The van der Waals surface area contributed by atoms with Crippen LogP contribution in [0.15, 0.2) is 42.9 Å². The quantitative estimate of drug-likeness (QED) is 0.273. The number of methoxy groups -OCH3 is 1. The topological polar surface area (TPSA) is 124 Å². The van der Waals surface area contributed by atoms with E-state index in [4.69, 9.17) is 16.3 Å². The predicted molar refractivity (Wildman–Crippen MR) is 174 cm³/mol. The second kappa shape index (κ2) is 14.3. The van der Waals surface area contributed by atoms with Crippen LogP contribution in [-0.2, 0) is 4.79 Å². The maximum Gasteiger partial charge on any atom is 0.255 e. The molecule has 0 aliphatic carbocycles. The highest BCUT2D eigenvalue weighted by atomic mass is 35.5. The third-order valence-electron chi connectivity index (χ3n) is 8.02. The summed E-state index contributed by atoms with van der Waals surface area (Å²) in [6.07, 6.45) is 4.38. The molecule has 2 fully saturated rings. The summed E-state index contributed by atoms with van der Waals surface area (Å²) in [4.78, 5) is 38.4. The number of aliphatic hydroxyl groups excluding tert-OH is 1. The zero-order valence-electron chi connectivity index (χ0n) is 24.8. The Balaban J connectivity index is 0.00000240. The van der Waals surface area contributed by atoms with Crippen molar-refractivity contribution in [3.63, 3.8) is 0 Å². The fourth-order valence-corrected chi connectivity index (χ4v) is 6.08. The van der Waals surface area contributed by atoms with Gasteiger partial charge in [-0.05, 0) is 43.2 Å². The third-order valence-corrected chi connectivity index (χ3v) is 8.32. The number of hydrogen-bond acceptors (Lipinski definition) is 8. The maximum absolute atomic E-state index is 14.8. The molecule has 4 heterocycles. The number of carbonyl (C=O) groups excluding carboxylic acids is 2. The molecule has 3 N–H and O–H groups in total. The molecule has 16 heteroatoms. The Kier molecular flexibility index (Phi) is 11.0. The number of amides is 2. The average Bonchev–Trinajstić information content (AvgIpc) is 3.65. The number of aliphatic hydroxyl groups is 1. The van der Waals surface area contributed by atoms with E-state index in [1.807, 2.05) is 0 Å². The summed E-state index contributed by atoms with van der Waals surface area (Å²) in [5, 5.41) is 16.2. The summed E-state index contributed by atoms with van der Waals surface area (Å²) in [6.45, 7) is 3.69. The standard InChI is InChI=1S/C30H30ClF2N7O4.2ClH/c1-16-11-17(12-20(31)24(16)30(43)39-9-7-38(8-10-39)29(42)21-13-18(41)14-35-21)37-27-28-36-15-22(40(28)6-5-34-27)19-3-4-23(44-2)26(33)25(19)32;;/h3-6,11-12,15,18,21,35,41H,7-10,13-14H2,1-2H3,(H,34,37);2*1H/t18-,21+;;/m1../s1. The number of fused-ring (bicyclic) bond motifs is 1. The number of nitrogens with one attached hydrogen (secondary N) is 2. The number of hydrogen-bond donors (Lipinski definition) is 3. The number of halogens is 5. The largest absolute Gasteiger partial charge is 0.494 e. The van der Waals surface area contributed by atoms with Gasteiger partial charge < -0.3 is 30.3 Å². The molecule has 2 aromatic carbocycles. The molecule has 2 saturated heterocycles. The average molecular weight is 699 g/mol. The van der Waals surface area contributed by atoms with Gasteiger partial charge in [-0.1, -0.05) is 11.6 Å². The Labute approximate surface area is 280 Å². The number of nitrogens with zero attached hydrogens (tertiary/aromatic N) is 5. The normalized spacial score (nSPS) is 17.8. The van der Waals surface area contributed by atoms with Gasteiger partial charge in [0.1, 0.15) is 0 Å². The molecule has 0 bridgehead atoms. The molecule has 2 amide bonds. The second-order valence-electron chi connectivity index (χ2n) is 10.8. The zero-order valence-corrected chi connectivity index (χ0v) is 27.2. The van der Waals surface area contributed by atoms with E-state index in [1.165, 1.54) is 31.6 Å². The minimum atomic E-state index is -1.09. The summed E-state index contributed by atoms with van der Waals surface area (Å²) in [5.74, 6) is -2.30. The van der Waals surface area contributed by atoms with E-state index >= 15 is 0 Å². The smallest absolute Gasteiger partial charge is 0.255 e. The SMILES string of the molecule is COc1ccc(-c2cnc3c(Nc4cc(C)c(C(=O)N5CCN(C(=O)[C@@H]6C[C@@H](O)CN6)CC5)c(Cl)c4)nccn23)c(F)c1F.Cl.Cl. The molecule has 6 rings (SSSR count). The second-order valence-corrected chi connectivity index (χ2v) is 11.2. The number of imidazole rings is 1. The van der Waals surface area contributed by atoms with Gasteiger partial charge in [0.15, 0.2) is 23.0 Å². The van der Waals surface area contributed by atoms with E-state index in [2.05, 4.69) is 20.6 Å². The van der Waals surface area contributed by atoms with Crippen molar-refractivity contribution in [1.82, 2.24) is 29.5 Å². The van der Waals surface area contributed by atoms with E-state index < -0.39 is 23.8 Å². The molecule has 246 valence electrons. The van der Waals surface area contributed by atoms with Crippen molar-refractivity contribution in [2.24, 2.45) is 0 Å². The van der Waals surface area contributed by atoms with Crippen LogP contribution in [0.5, 0.6) is 5.75 Å². The first-order chi connectivity index (χ1) is 21.2. The Hall–Kier alpha value is -3.75. The predicted octanol–water partition coefficient (Wildman–Crippen LogP) is 4.24. The van der Waals surface area contributed by atoms with Crippen molar-refractivity contribution in [3.05, 3.63) is 70.6 Å². The summed E-state index contributed by atoms with van der Waals surface area (Å²) in [6, 6.07) is 5.75. The fourth-order valence-electron chi connectivity index (χ4n) is 5.73. The van der Waals surface area contributed by atoms with Crippen LogP contribution in [0.2, 0.25) is 5.02 Å². The Bertz CT molecular complexity index is 1750. The molecular weight excluding hydrogens is 667 g/mol. The Morgan fingerprint density at radius 2 is 1.80 bits per heavy atom. The van der Waals surface area contributed by atoms with Crippen LogP contribution in [0.4, 0.5) is 20.3 Å². The van der Waals surface area contributed by atoms with E-state index in [1.54, 1.807) is 39.5 Å². The zero-order chi connectivity index (χ0) is 31.1. The van der Waals surface area contributed by atoms with Gasteiger partial charge in [0, 0.05) is 56.4 Å². The lowest BCUT2D eigenvalue weighted by Crippen LogP contribution is -2.54. The van der Waals surface area contributed by atoms with E-state index in [0.29, 0.717) is 73.1 Å². The van der Waals surface area contributed by atoms with Gasteiger partial charge in [0.25, 0.3) is 5.91 Å². The molecule has 0 unspecified atom stereocenters. The molecule has 4 aromatic rings. The van der Waals surface area contributed by atoms with Crippen molar-refractivity contribution >= 4 is 65.4 Å². The summed E-state index contributed by atoms with van der Waals surface area (Å²) < 4.78 is 35.7. The highest BCUT2D eigenvalue weighted by Gasteiger charge is 2.34. The van der Waals surface area contributed by atoms with Gasteiger partial charge in [0.05, 0.1) is 41.7 Å². The van der Waals surface area contributed by atoms with Gasteiger partial charge in [0.2, 0.25) is 11.7 Å². The van der Waals surface area contributed by atoms with Crippen LogP contribution in [0.3, 0.4) is 0 Å². The molecule has 2 aromatic heterocycles. The molecule has 0 saturated carbocycles. The fraction of sp³-hybridized carbons (Fsp3) is 0.333. The molecule has 11 nitrogen and oxygen atoms in total. The van der Waals surface area contributed by atoms with Crippen LogP contribution >= 0.6 is 36.4 Å². The number of β-amino-alcohol motifs (C(OH)–C–C–N with tert-alkyl or cyclic N) is 1. The molecule has 0 spiro atoms. The third kappa shape index (κ3) is 6.56. The van der Waals surface area contributed by atoms with Crippen molar-refractivity contribution in [2.45, 2.75) is 25.5 Å². The number of aromatic nitrogens is 3. The molecule has 0 radical (unpaired) electrons. The first-order valence-corrected chi connectivity index (χ1v) is 14.4. The molecule has 2 aliphatic heterocycles. The summed E-state index contributed by atoms with van der Waals surface area (Å²) in [7, 11) is 1.26. The van der Waals surface area contributed by atoms with Crippen LogP contribution in [0.25, 0.3) is 16.9 Å². The lowest BCUT2D eigenvalue weighted by atomic mass is 10.1. The number of rotatable bonds is 6. The number of ether oxygens (including phenoxy) is 1. The number of carbonyl (C=O) groups is 2. The molecular formula is C30H32Cl3F2N7O4. The Morgan fingerprint density at radius 1 is 1.09 bits per heavy atom. The number of anilines is 2. The molecule has 2 aliphatic rings. The lowest BCUT2D eigenvalue weighted by Gasteiger charge is -2.36. The molecule has 2 atom stereocenters. The minimum Gasteiger partial charge on any atom is -0.494 e. The van der Waals surface area contributed by atoms with Crippen LogP contribution < -0.4 is 15.4 Å². The van der Waals surface area contributed by atoms with Crippen LogP contribution in [-0.4, -0.2) is 93.1 Å². The first kappa shape index (κ1) is 35.1. The van der Waals surface area contributed by atoms with E-state index in [0.717, 1.165) is 0 Å². The number of aryl methyl sites for hydroxylation is 1. The van der Waals surface area contributed by atoms with Crippen molar-refractivity contribution < 1.29 is 28.2 Å². The highest BCUT2D eigenvalue weighted by Crippen LogP contribution is 2.33. The number of piperazine rings is 1. The van der Waals surface area contributed by atoms with Gasteiger partial charge in [-0.2, -0.15) is 4.39 Å². The van der Waals surface area contributed by atoms with Gasteiger partial charge in [-0.3, -0.25) is 14.0 Å². The highest BCUT2D eigenvalue weighted by molar-refractivity contribution is 6.34. The lowest BCUT2D eigenvalue weighted by molar-refractivity contribution is -0.134. The molecule has 46 heavy (non-hydrogen) atoms. The van der Waals surface area contributed by atoms with Gasteiger partial charge in [-0.25, -0.2) is 14.4 Å². The van der Waals surface area contributed by atoms with Crippen LogP contribution in [0, 0.1) is 18.6 Å². The van der Waals surface area contributed by atoms with Crippen molar-refractivity contribution in [3.8, 4) is 17.0 Å².